The molecular formula is C18H30. The summed E-state index contributed by atoms with van der Waals surface area (Å²) in [5, 5.41) is 0. The molecule has 0 aliphatic rings. The average Bonchev–Trinajstić information content (AvgIpc) is 2.40. The molecule has 102 valence electrons. The molecule has 0 radical (unpaired) electrons. The predicted molar refractivity (Wildman–Crippen MR) is 82.1 cm³/mol. The number of rotatable bonds is 10. The van der Waals surface area contributed by atoms with Gasteiger partial charge in [0.2, 0.25) is 0 Å². The summed E-state index contributed by atoms with van der Waals surface area (Å²) in [7, 11) is 0. The van der Waals surface area contributed by atoms with Crippen LogP contribution in [0.15, 0.2) is 24.3 Å². The van der Waals surface area contributed by atoms with Crippen LogP contribution in [0.25, 0.3) is 0 Å². The Bertz CT molecular complexity index is 283. The number of benzene rings is 1. The number of aryl methyl sites for hydroxylation is 2. The van der Waals surface area contributed by atoms with E-state index in [0.29, 0.717) is 0 Å². The van der Waals surface area contributed by atoms with E-state index in [0.717, 1.165) is 0 Å². The summed E-state index contributed by atoms with van der Waals surface area (Å²) >= 11 is 0. The summed E-state index contributed by atoms with van der Waals surface area (Å²) in [5.74, 6) is 0. The third-order valence-corrected chi connectivity index (χ3v) is 3.66. The van der Waals surface area contributed by atoms with E-state index < -0.39 is 0 Å². The maximum absolute atomic E-state index is 2.33. The largest absolute Gasteiger partial charge is 0.0654 e. The Hall–Kier alpha value is -0.780. The molecule has 0 bridgehead atoms. The molecule has 0 saturated heterocycles. The number of hydrogen-bond acceptors (Lipinski definition) is 0. The minimum absolute atomic E-state index is 1.25. The highest BCUT2D eigenvalue weighted by molar-refractivity contribution is 5.22. The van der Waals surface area contributed by atoms with E-state index >= 15 is 0 Å². The summed E-state index contributed by atoms with van der Waals surface area (Å²) in [6.45, 7) is 4.54. The Labute approximate surface area is 114 Å². The van der Waals surface area contributed by atoms with Gasteiger partial charge >= 0.3 is 0 Å². The van der Waals surface area contributed by atoms with Crippen LogP contribution in [0, 0.1) is 0 Å². The number of unbranched alkanes of at least 4 members (excludes halogenated alkanes) is 6. The van der Waals surface area contributed by atoms with Crippen LogP contribution in [0.5, 0.6) is 0 Å². The van der Waals surface area contributed by atoms with E-state index in [1.54, 1.807) is 0 Å². The highest BCUT2D eigenvalue weighted by Gasteiger charge is 1.96. The molecule has 0 unspecified atom stereocenters. The second kappa shape index (κ2) is 10.2. The van der Waals surface area contributed by atoms with Gasteiger partial charge in [0.1, 0.15) is 0 Å². The summed E-state index contributed by atoms with van der Waals surface area (Å²) in [6, 6.07) is 9.33. The normalized spacial score (nSPS) is 10.8. The van der Waals surface area contributed by atoms with Gasteiger partial charge in [-0.2, -0.15) is 0 Å². The highest BCUT2D eigenvalue weighted by atomic mass is 14.0. The first-order valence-corrected chi connectivity index (χ1v) is 7.94. The van der Waals surface area contributed by atoms with Crippen molar-refractivity contribution in [2.75, 3.05) is 0 Å². The Kier molecular flexibility index (Phi) is 8.63. The van der Waals surface area contributed by atoms with E-state index in [2.05, 4.69) is 38.1 Å². The maximum atomic E-state index is 2.33. The van der Waals surface area contributed by atoms with Crippen LogP contribution in [0.3, 0.4) is 0 Å². The molecule has 0 atom stereocenters. The lowest BCUT2D eigenvalue weighted by molar-refractivity contribution is 0.632. The fourth-order valence-electron chi connectivity index (χ4n) is 2.38. The Morgan fingerprint density at radius 1 is 0.556 bits per heavy atom. The second-order valence-electron chi connectivity index (χ2n) is 5.44. The molecule has 0 heterocycles. The van der Waals surface area contributed by atoms with Crippen molar-refractivity contribution in [3.63, 3.8) is 0 Å². The molecule has 0 heteroatoms. The third kappa shape index (κ3) is 6.83. The summed E-state index contributed by atoms with van der Waals surface area (Å²) in [6.07, 6.45) is 13.4. The van der Waals surface area contributed by atoms with Gasteiger partial charge in [0, 0.05) is 0 Å². The summed E-state index contributed by atoms with van der Waals surface area (Å²) < 4.78 is 0. The van der Waals surface area contributed by atoms with Crippen LogP contribution in [0.1, 0.15) is 76.3 Å². The van der Waals surface area contributed by atoms with Gasteiger partial charge in [-0.05, 0) is 36.8 Å². The van der Waals surface area contributed by atoms with E-state index in [1.807, 2.05) is 0 Å². The van der Waals surface area contributed by atoms with Crippen LogP contribution < -0.4 is 0 Å². The molecule has 0 amide bonds. The van der Waals surface area contributed by atoms with E-state index in [4.69, 9.17) is 0 Å². The summed E-state index contributed by atoms with van der Waals surface area (Å²) in [5.41, 5.74) is 3.03. The predicted octanol–water partition coefficient (Wildman–Crippen LogP) is 5.93. The molecule has 0 aromatic heterocycles. The van der Waals surface area contributed by atoms with Crippen LogP contribution >= 0.6 is 0 Å². The van der Waals surface area contributed by atoms with Gasteiger partial charge < -0.3 is 0 Å². The van der Waals surface area contributed by atoms with Crippen molar-refractivity contribution in [1.29, 1.82) is 0 Å². The lowest BCUT2D eigenvalue weighted by Crippen LogP contribution is -1.89. The van der Waals surface area contributed by atoms with Crippen LogP contribution in [0.2, 0.25) is 0 Å². The van der Waals surface area contributed by atoms with Crippen molar-refractivity contribution < 1.29 is 0 Å². The first-order chi connectivity index (χ1) is 8.86. The Morgan fingerprint density at radius 2 is 0.944 bits per heavy atom. The van der Waals surface area contributed by atoms with Gasteiger partial charge in [0.15, 0.2) is 0 Å². The van der Waals surface area contributed by atoms with E-state index in [1.165, 1.54) is 75.3 Å². The molecule has 0 aliphatic carbocycles. The molecule has 0 saturated carbocycles. The van der Waals surface area contributed by atoms with Gasteiger partial charge in [-0.15, -0.1) is 0 Å². The number of hydrogen-bond donors (Lipinski definition) is 0. The van der Waals surface area contributed by atoms with E-state index in [-0.39, 0.29) is 0 Å². The average molecular weight is 246 g/mol. The first-order valence-electron chi connectivity index (χ1n) is 7.94. The van der Waals surface area contributed by atoms with Gasteiger partial charge in [-0.25, -0.2) is 0 Å². The molecule has 0 spiro atoms. The quantitative estimate of drug-likeness (QED) is 0.449. The molecule has 0 fully saturated rings. The maximum Gasteiger partial charge on any atom is -0.0279 e. The topological polar surface area (TPSA) is 0 Å². The zero-order valence-corrected chi connectivity index (χ0v) is 12.4. The molecule has 18 heavy (non-hydrogen) atoms. The molecular weight excluding hydrogens is 216 g/mol. The monoisotopic (exact) mass is 246 g/mol. The zero-order valence-electron chi connectivity index (χ0n) is 12.4. The SMILES string of the molecule is CCCCCCCc1ccc(CCCCC)cc1. The molecule has 1 rings (SSSR count). The molecule has 0 nitrogen and oxygen atoms in total. The minimum atomic E-state index is 1.25. The van der Waals surface area contributed by atoms with Crippen molar-refractivity contribution >= 4 is 0 Å². The van der Waals surface area contributed by atoms with Crippen LogP contribution in [-0.4, -0.2) is 0 Å². The molecule has 1 aromatic rings. The fraction of sp³-hybridized carbons (Fsp3) is 0.667. The fourth-order valence-corrected chi connectivity index (χ4v) is 2.38. The third-order valence-electron chi connectivity index (χ3n) is 3.66. The standard InChI is InChI=1S/C18H30/c1-3-5-7-8-10-12-18-15-13-17(14-16-18)11-9-6-4-2/h13-16H,3-12H2,1-2H3. The van der Waals surface area contributed by atoms with Crippen molar-refractivity contribution in [2.24, 2.45) is 0 Å². The van der Waals surface area contributed by atoms with Crippen LogP contribution in [0.4, 0.5) is 0 Å². The van der Waals surface area contributed by atoms with Gasteiger partial charge in [-0.1, -0.05) is 76.6 Å². The Balaban J connectivity index is 2.19. The molecule has 1 aromatic carbocycles. The van der Waals surface area contributed by atoms with Crippen molar-refractivity contribution in [3.05, 3.63) is 35.4 Å². The van der Waals surface area contributed by atoms with Crippen molar-refractivity contribution in [3.8, 4) is 0 Å². The smallest absolute Gasteiger partial charge is 0.0279 e. The zero-order chi connectivity index (χ0) is 13.1. The van der Waals surface area contributed by atoms with Crippen LogP contribution in [-0.2, 0) is 12.8 Å². The molecule has 0 N–H and O–H groups in total. The summed E-state index contributed by atoms with van der Waals surface area (Å²) in [4.78, 5) is 0. The second-order valence-corrected chi connectivity index (χ2v) is 5.44. The first kappa shape index (κ1) is 15.3. The van der Waals surface area contributed by atoms with Gasteiger partial charge in [0.25, 0.3) is 0 Å². The van der Waals surface area contributed by atoms with Crippen molar-refractivity contribution in [1.82, 2.24) is 0 Å². The van der Waals surface area contributed by atoms with E-state index in [9.17, 15) is 0 Å². The highest BCUT2D eigenvalue weighted by Crippen LogP contribution is 2.12. The lowest BCUT2D eigenvalue weighted by atomic mass is 10.0. The van der Waals surface area contributed by atoms with Gasteiger partial charge in [0.05, 0.1) is 0 Å². The van der Waals surface area contributed by atoms with Gasteiger partial charge in [-0.3, -0.25) is 0 Å². The minimum Gasteiger partial charge on any atom is -0.0654 e. The lowest BCUT2D eigenvalue weighted by Gasteiger charge is -2.04. The molecule has 0 aliphatic heterocycles. The van der Waals surface area contributed by atoms with Crippen molar-refractivity contribution in [2.45, 2.75) is 78.1 Å². The Morgan fingerprint density at radius 3 is 1.44 bits per heavy atom.